The van der Waals surface area contributed by atoms with Crippen LogP contribution in [0.3, 0.4) is 0 Å². The van der Waals surface area contributed by atoms with E-state index < -0.39 is 0 Å². The number of nitrogens with two attached hydrogens (primary N) is 1. The van der Waals surface area contributed by atoms with Gasteiger partial charge in [-0.3, -0.25) is 11.3 Å². The predicted octanol–water partition coefficient (Wildman–Crippen LogP) is 0.408. The van der Waals surface area contributed by atoms with E-state index in [1.165, 1.54) is 0 Å². The molecule has 1 aromatic heterocycles. The first-order valence-electron chi connectivity index (χ1n) is 5.21. The summed E-state index contributed by atoms with van der Waals surface area (Å²) < 4.78 is 10.2. The van der Waals surface area contributed by atoms with Crippen LogP contribution in [0.5, 0.6) is 11.8 Å². The number of ether oxygens (including phenoxy) is 2. The molecule has 6 nitrogen and oxygen atoms in total. The summed E-state index contributed by atoms with van der Waals surface area (Å²) in [6.45, 7) is 0. The Balaban J connectivity index is 2.30. The molecule has 1 atom stereocenters. The molecule has 0 bridgehead atoms. The van der Waals surface area contributed by atoms with Gasteiger partial charge in [0, 0.05) is 0 Å². The molecule has 1 unspecified atom stereocenters. The zero-order valence-electron chi connectivity index (χ0n) is 9.43. The standard InChI is InChI=1S/C10H16N4O2/c1-15-7-5-12-9(10(13-7)16-2)8(14-11)6-3-4-6/h5-6,8,14H,3-4,11H2,1-2H3. The number of nitrogens with zero attached hydrogens (tertiary/aromatic N) is 2. The van der Waals surface area contributed by atoms with Crippen molar-refractivity contribution in [2.45, 2.75) is 18.9 Å². The van der Waals surface area contributed by atoms with Crippen LogP contribution in [0.25, 0.3) is 0 Å². The Morgan fingerprint density at radius 2 is 2.19 bits per heavy atom. The third-order valence-electron chi connectivity index (χ3n) is 2.71. The average Bonchev–Trinajstić information content (AvgIpc) is 3.15. The molecule has 6 heteroatoms. The summed E-state index contributed by atoms with van der Waals surface area (Å²) >= 11 is 0. The summed E-state index contributed by atoms with van der Waals surface area (Å²) in [6, 6.07) is 0.00774. The minimum Gasteiger partial charge on any atom is -0.480 e. The maximum absolute atomic E-state index is 5.54. The lowest BCUT2D eigenvalue weighted by molar-refractivity contribution is 0.345. The second kappa shape index (κ2) is 4.63. The molecule has 16 heavy (non-hydrogen) atoms. The zero-order valence-corrected chi connectivity index (χ0v) is 9.43. The molecule has 1 saturated carbocycles. The van der Waals surface area contributed by atoms with E-state index in [1.807, 2.05) is 0 Å². The molecule has 1 aromatic rings. The van der Waals surface area contributed by atoms with Crippen molar-refractivity contribution >= 4 is 0 Å². The van der Waals surface area contributed by atoms with E-state index in [9.17, 15) is 0 Å². The Morgan fingerprint density at radius 1 is 1.44 bits per heavy atom. The highest BCUT2D eigenvalue weighted by Crippen LogP contribution is 2.42. The zero-order chi connectivity index (χ0) is 11.5. The van der Waals surface area contributed by atoms with Gasteiger partial charge in [0.15, 0.2) is 0 Å². The number of hydrogen-bond donors (Lipinski definition) is 2. The quantitative estimate of drug-likeness (QED) is 0.557. The molecule has 0 aromatic carbocycles. The topological polar surface area (TPSA) is 82.3 Å². The number of rotatable bonds is 5. The largest absolute Gasteiger partial charge is 0.480 e. The van der Waals surface area contributed by atoms with Gasteiger partial charge in [-0.25, -0.2) is 4.98 Å². The monoisotopic (exact) mass is 224 g/mol. The highest BCUT2D eigenvalue weighted by molar-refractivity contribution is 5.27. The van der Waals surface area contributed by atoms with Gasteiger partial charge >= 0.3 is 0 Å². The van der Waals surface area contributed by atoms with Crippen molar-refractivity contribution in [1.29, 1.82) is 0 Å². The Kier molecular flexibility index (Phi) is 3.21. The highest BCUT2D eigenvalue weighted by Gasteiger charge is 2.34. The summed E-state index contributed by atoms with van der Waals surface area (Å²) in [5.74, 6) is 6.97. The molecule has 3 N–H and O–H groups in total. The SMILES string of the molecule is COc1cnc(C(NN)C2CC2)c(OC)n1. The van der Waals surface area contributed by atoms with Gasteiger partial charge in [0.1, 0.15) is 5.69 Å². The Hall–Kier alpha value is -1.40. The molecule has 1 aliphatic rings. The first kappa shape index (κ1) is 11.1. The van der Waals surface area contributed by atoms with Gasteiger partial charge in [0.25, 0.3) is 0 Å². The van der Waals surface area contributed by atoms with Crippen molar-refractivity contribution in [1.82, 2.24) is 15.4 Å². The minimum absolute atomic E-state index is 0.00774. The maximum atomic E-state index is 5.54. The maximum Gasteiger partial charge on any atom is 0.240 e. The van der Waals surface area contributed by atoms with E-state index in [2.05, 4.69) is 15.4 Å². The Bertz CT molecular complexity index is 368. The van der Waals surface area contributed by atoms with Crippen LogP contribution in [0.1, 0.15) is 24.6 Å². The van der Waals surface area contributed by atoms with Crippen LogP contribution in [-0.2, 0) is 0 Å². The molecule has 0 amide bonds. The molecule has 0 saturated heterocycles. The molecule has 1 aliphatic carbocycles. The fourth-order valence-corrected chi connectivity index (χ4v) is 1.70. The lowest BCUT2D eigenvalue weighted by atomic mass is 10.1. The van der Waals surface area contributed by atoms with Crippen molar-refractivity contribution in [3.8, 4) is 11.8 Å². The Labute approximate surface area is 94.1 Å². The van der Waals surface area contributed by atoms with Crippen LogP contribution >= 0.6 is 0 Å². The highest BCUT2D eigenvalue weighted by atomic mass is 16.5. The predicted molar refractivity (Wildman–Crippen MR) is 57.9 cm³/mol. The molecule has 0 aliphatic heterocycles. The third kappa shape index (κ3) is 2.07. The minimum atomic E-state index is 0.00774. The lowest BCUT2D eigenvalue weighted by Crippen LogP contribution is -2.30. The molecular weight excluding hydrogens is 208 g/mol. The first-order chi connectivity index (χ1) is 7.80. The fraction of sp³-hybridized carbons (Fsp3) is 0.600. The van der Waals surface area contributed by atoms with Crippen LogP contribution < -0.4 is 20.7 Å². The van der Waals surface area contributed by atoms with E-state index >= 15 is 0 Å². The van der Waals surface area contributed by atoms with E-state index in [-0.39, 0.29) is 6.04 Å². The van der Waals surface area contributed by atoms with Gasteiger partial charge in [-0.05, 0) is 18.8 Å². The summed E-state index contributed by atoms with van der Waals surface area (Å²) in [6.07, 6.45) is 3.89. The molecule has 2 rings (SSSR count). The first-order valence-corrected chi connectivity index (χ1v) is 5.21. The summed E-state index contributed by atoms with van der Waals surface area (Å²) in [5, 5.41) is 0. The average molecular weight is 224 g/mol. The lowest BCUT2D eigenvalue weighted by Gasteiger charge is -2.16. The number of hydrazine groups is 1. The summed E-state index contributed by atoms with van der Waals surface area (Å²) in [5.41, 5.74) is 3.51. The van der Waals surface area contributed by atoms with E-state index in [0.717, 1.165) is 18.5 Å². The molecule has 0 radical (unpaired) electrons. The van der Waals surface area contributed by atoms with Crippen molar-refractivity contribution in [2.24, 2.45) is 11.8 Å². The van der Waals surface area contributed by atoms with E-state index in [4.69, 9.17) is 15.3 Å². The van der Waals surface area contributed by atoms with E-state index in [0.29, 0.717) is 17.7 Å². The molecule has 1 fully saturated rings. The van der Waals surface area contributed by atoms with Crippen LogP contribution in [-0.4, -0.2) is 24.2 Å². The molecule has 1 heterocycles. The van der Waals surface area contributed by atoms with Gasteiger partial charge in [-0.15, -0.1) is 0 Å². The van der Waals surface area contributed by atoms with Crippen molar-refractivity contribution in [2.75, 3.05) is 14.2 Å². The fourth-order valence-electron chi connectivity index (χ4n) is 1.70. The molecule has 88 valence electrons. The summed E-state index contributed by atoms with van der Waals surface area (Å²) in [7, 11) is 3.11. The number of methoxy groups -OCH3 is 2. The molecule has 0 spiro atoms. The van der Waals surface area contributed by atoms with Crippen LogP contribution in [0, 0.1) is 5.92 Å². The van der Waals surface area contributed by atoms with Crippen LogP contribution in [0.2, 0.25) is 0 Å². The van der Waals surface area contributed by atoms with Crippen LogP contribution in [0.15, 0.2) is 6.20 Å². The number of nitrogens with one attached hydrogen (secondary N) is 1. The van der Waals surface area contributed by atoms with E-state index in [1.54, 1.807) is 20.4 Å². The summed E-state index contributed by atoms with van der Waals surface area (Å²) in [4.78, 5) is 8.48. The van der Waals surface area contributed by atoms with Gasteiger partial charge in [0.2, 0.25) is 11.8 Å². The van der Waals surface area contributed by atoms with Crippen molar-refractivity contribution in [3.05, 3.63) is 11.9 Å². The third-order valence-corrected chi connectivity index (χ3v) is 2.71. The molecular formula is C10H16N4O2. The van der Waals surface area contributed by atoms with Crippen molar-refractivity contribution in [3.63, 3.8) is 0 Å². The van der Waals surface area contributed by atoms with Gasteiger partial charge in [-0.1, -0.05) is 0 Å². The Morgan fingerprint density at radius 3 is 2.69 bits per heavy atom. The number of hydrogen-bond acceptors (Lipinski definition) is 6. The van der Waals surface area contributed by atoms with Gasteiger partial charge in [-0.2, -0.15) is 4.98 Å². The van der Waals surface area contributed by atoms with Gasteiger partial charge in [0.05, 0.1) is 26.5 Å². The smallest absolute Gasteiger partial charge is 0.240 e. The number of aromatic nitrogens is 2. The normalized spacial score (nSPS) is 16.9. The second-order valence-electron chi connectivity index (χ2n) is 3.79. The van der Waals surface area contributed by atoms with Crippen LogP contribution in [0.4, 0.5) is 0 Å². The van der Waals surface area contributed by atoms with Crippen molar-refractivity contribution < 1.29 is 9.47 Å². The van der Waals surface area contributed by atoms with Gasteiger partial charge < -0.3 is 9.47 Å². The second-order valence-corrected chi connectivity index (χ2v) is 3.79.